The van der Waals surface area contributed by atoms with E-state index in [4.69, 9.17) is 0 Å². The summed E-state index contributed by atoms with van der Waals surface area (Å²) in [6.07, 6.45) is 3.38. The summed E-state index contributed by atoms with van der Waals surface area (Å²) in [5, 5.41) is 9.46. The zero-order chi connectivity index (χ0) is 13.8. The molecule has 3 nitrogen and oxygen atoms in total. The molecule has 0 amide bonds. The van der Waals surface area contributed by atoms with E-state index < -0.39 is 5.97 Å². The average molecular weight is 261 g/mol. The van der Waals surface area contributed by atoms with Gasteiger partial charge in [0.15, 0.2) is 0 Å². The van der Waals surface area contributed by atoms with Crippen LogP contribution in [-0.4, -0.2) is 28.6 Å². The van der Waals surface area contributed by atoms with E-state index in [0.717, 1.165) is 31.4 Å². The van der Waals surface area contributed by atoms with Gasteiger partial charge in [-0.3, -0.25) is 9.69 Å². The molecular weight excluding hydrogens is 238 g/mol. The van der Waals surface area contributed by atoms with Crippen molar-refractivity contribution in [3.63, 3.8) is 0 Å². The largest absolute Gasteiger partial charge is 0.481 e. The van der Waals surface area contributed by atoms with Crippen LogP contribution in [0.15, 0.2) is 24.3 Å². The Labute approximate surface area is 115 Å². The van der Waals surface area contributed by atoms with Gasteiger partial charge in [-0.25, -0.2) is 0 Å². The highest BCUT2D eigenvalue weighted by Gasteiger charge is 2.32. The first kappa shape index (κ1) is 14.1. The Morgan fingerprint density at radius 2 is 2.16 bits per heavy atom. The molecule has 104 valence electrons. The predicted octanol–water partition coefficient (Wildman–Crippen LogP) is 3.25. The maximum Gasteiger partial charge on any atom is 0.312 e. The molecule has 1 aliphatic rings. The molecule has 0 aliphatic carbocycles. The monoisotopic (exact) mass is 261 g/mol. The van der Waals surface area contributed by atoms with Crippen LogP contribution in [0.5, 0.6) is 0 Å². The van der Waals surface area contributed by atoms with E-state index in [1.807, 2.05) is 18.2 Å². The van der Waals surface area contributed by atoms with Crippen LogP contribution in [0, 0.1) is 0 Å². The second kappa shape index (κ2) is 6.20. The predicted molar refractivity (Wildman–Crippen MR) is 76.2 cm³/mol. The summed E-state index contributed by atoms with van der Waals surface area (Å²) < 4.78 is 0. The summed E-state index contributed by atoms with van der Waals surface area (Å²) in [5.41, 5.74) is 2.17. The van der Waals surface area contributed by atoms with Gasteiger partial charge >= 0.3 is 5.97 Å². The standard InChI is InChI=1S/C16H23NO2/c1-3-7-13(4-2)17-10-12-8-5-6-9-14(12)15(11-17)16(18)19/h5-6,8-9,13,15H,3-4,7,10-11H2,1-2H3,(H,18,19). The van der Waals surface area contributed by atoms with Crippen LogP contribution in [0.1, 0.15) is 50.2 Å². The molecule has 0 saturated carbocycles. The van der Waals surface area contributed by atoms with Gasteiger partial charge in [0.05, 0.1) is 5.92 Å². The quantitative estimate of drug-likeness (QED) is 0.884. The van der Waals surface area contributed by atoms with Gasteiger partial charge in [0.2, 0.25) is 0 Å². The lowest BCUT2D eigenvalue weighted by atomic mass is 9.88. The third-order valence-corrected chi connectivity index (χ3v) is 4.13. The topological polar surface area (TPSA) is 40.5 Å². The van der Waals surface area contributed by atoms with E-state index in [1.165, 1.54) is 5.56 Å². The van der Waals surface area contributed by atoms with E-state index in [9.17, 15) is 9.90 Å². The van der Waals surface area contributed by atoms with Gasteiger partial charge in [-0.1, -0.05) is 44.5 Å². The first-order valence-corrected chi connectivity index (χ1v) is 7.22. The normalized spacial score (nSPS) is 20.8. The molecule has 2 unspecified atom stereocenters. The van der Waals surface area contributed by atoms with Crippen LogP contribution >= 0.6 is 0 Å². The number of fused-ring (bicyclic) bond motifs is 1. The van der Waals surface area contributed by atoms with Gasteiger partial charge in [0.1, 0.15) is 0 Å². The van der Waals surface area contributed by atoms with Crippen LogP contribution in [-0.2, 0) is 11.3 Å². The number of carboxylic acids is 1. The van der Waals surface area contributed by atoms with Crippen molar-refractivity contribution in [2.24, 2.45) is 0 Å². The van der Waals surface area contributed by atoms with Crippen molar-refractivity contribution in [1.82, 2.24) is 4.90 Å². The molecular formula is C16H23NO2. The lowest BCUT2D eigenvalue weighted by molar-refractivity contribution is -0.139. The highest BCUT2D eigenvalue weighted by atomic mass is 16.4. The summed E-state index contributed by atoms with van der Waals surface area (Å²) in [5.74, 6) is -1.08. The fourth-order valence-corrected chi connectivity index (χ4v) is 3.10. The molecule has 1 aromatic carbocycles. The highest BCUT2D eigenvalue weighted by molar-refractivity contribution is 5.77. The first-order chi connectivity index (χ1) is 9.17. The molecule has 2 atom stereocenters. The number of nitrogens with zero attached hydrogens (tertiary/aromatic N) is 1. The zero-order valence-corrected chi connectivity index (χ0v) is 11.8. The molecule has 1 heterocycles. The number of benzene rings is 1. The Balaban J connectivity index is 2.26. The Bertz CT molecular complexity index is 444. The molecule has 1 aromatic rings. The maximum absolute atomic E-state index is 11.5. The summed E-state index contributed by atoms with van der Waals surface area (Å²) in [7, 11) is 0. The molecule has 0 fully saturated rings. The molecule has 0 radical (unpaired) electrons. The second-order valence-corrected chi connectivity index (χ2v) is 5.37. The molecule has 0 spiro atoms. The van der Waals surface area contributed by atoms with Gasteiger partial charge in [-0.05, 0) is 24.0 Å². The van der Waals surface area contributed by atoms with Crippen molar-refractivity contribution in [3.05, 3.63) is 35.4 Å². The van der Waals surface area contributed by atoms with Gasteiger partial charge in [0, 0.05) is 19.1 Å². The third-order valence-electron chi connectivity index (χ3n) is 4.13. The smallest absolute Gasteiger partial charge is 0.312 e. The third kappa shape index (κ3) is 2.98. The van der Waals surface area contributed by atoms with Crippen LogP contribution in [0.3, 0.4) is 0 Å². The Kier molecular flexibility index (Phi) is 4.59. The van der Waals surface area contributed by atoms with Crippen molar-refractivity contribution in [2.45, 2.75) is 51.6 Å². The van der Waals surface area contributed by atoms with Gasteiger partial charge in [-0.15, -0.1) is 0 Å². The van der Waals surface area contributed by atoms with Crippen molar-refractivity contribution >= 4 is 5.97 Å². The van der Waals surface area contributed by atoms with E-state index in [1.54, 1.807) is 0 Å². The fourth-order valence-electron chi connectivity index (χ4n) is 3.10. The number of hydrogen-bond donors (Lipinski definition) is 1. The van der Waals surface area contributed by atoms with Crippen LogP contribution in [0.4, 0.5) is 0 Å². The molecule has 1 N–H and O–H groups in total. The van der Waals surface area contributed by atoms with Gasteiger partial charge < -0.3 is 5.11 Å². The van der Waals surface area contributed by atoms with Gasteiger partial charge in [-0.2, -0.15) is 0 Å². The fraction of sp³-hybridized carbons (Fsp3) is 0.562. The number of carbonyl (C=O) groups is 1. The van der Waals surface area contributed by atoms with E-state index in [2.05, 4.69) is 24.8 Å². The minimum Gasteiger partial charge on any atom is -0.481 e. The van der Waals surface area contributed by atoms with E-state index >= 15 is 0 Å². The molecule has 3 heteroatoms. The molecule has 19 heavy (non-hydrogen) atoms. The van der Waals surface area contributed by atoms with E-state index in [0.29, 0.717) is 12.6 Å². The van der Waals surface area contributed by atoms with E-state index in [-0.39, 0.29) is 5.92 Å². The van der Waals surface area contributed by atoms with Crippen LogP contribution in [0.25, 0.3) is 0 Å². The Morgan fingerprint density at radius 1 is 1.42 bits per heavy atom. The van der Waals surface area contributed by atoms with Crippen LogP contribution in [0.2, 0.25) is 0 Å². The zero-order valence-electron chi connectivity index (χ0n) is 11.8. The number of rotatable bonds is 5. The second-order valence-electron chi connectivity index (χ2n) is 5.37. The summed E-state index contributed by atoms with van der Waals surface area (Å²) >= 11 is 0. The molecule has 2 rings (SSSR count). The van der Waals surface area contributed by atoms with Crippen LogP contribution < -0.4 is 0 Å². The molecule has 0 bridgehead atoms. The lowest BCUT2D eigenvalue weighted by Gasteiger charge is -2.38. The summed E-state index contributed by atoms with van der Waals surface area (Å²) in [6.45, 7) is 5.91. The van der Waals surface area contributed by atoms with Crippen molar-refractivity contribution in [1.29, 1.82) is 0 Å². The molecule has 1 aliphatic heterocycles. The number of hydrogen-bond acceptors (Lipinski definition) is 2. The minimum absolute atomic E-state index is 0.379. The summed E-state index contributed by atoms with van der Waals surface area (Å²) in [6, 6.07) is 8.47. The summed E-state index contributed by atoms with van der Waals surface area (Å²) in [4.78, 5) is 13.9. The first-order valence-electron chi connectivity index (χ1n) is 7.22. The SMILES string of the molecule is CCCC(CC)N1Cc2ccccc2C(C(=O)O)C1. The lowest BCUT2D eigenvalue weighted by Crippen LogP contribution is -2.42. The minimum atomic E-state index is -0.705. The highest BCUT2D eigenvalue weighted by Crippen LogP contribution is 2.31. The van der Waals surface area contributed by atoms with Gasteiger partial charge in [0.25, 0.3) is 0 Å². The van der Waals surface area contributed by atoms with Crippen molar-refractivity contribution in [2.75, 3.05) is 6.54 Å². The molecule has 0 aromatic heterocycles. The Hall–Kier alpha value is -1.35. The average Bonchev–Trinajstić information content (AvgIpc) is 2.43. The molecule has 0 saturated heterocycles. The Morgan fingerprint density at radius 3 is 2.79 bits per heavy atom. The number of aliphatic carboxylic acids is 1. The number of carboxylic acid groups (broad SMARTS) is 1. The van der Waals surface area contributed by atoms with Crippen molar-refractivity contribution in [3.8, 4) is 0 Å². The van der Waals surface area contributed by atoms with Crippen molar-refractivity contribution < 1.29 is 9.90 Å². The maximum atomic E-state index is 11.5.